The Morgan fingerprint density at radius 1 is 0.304 bits per heavy atom. The molecule has 19 heteroatoms. The molecule has 0 bridgehead atoms. The van der Waals surface area contributed by atoms with Crippen LogP contribution in [0.15, 0.2) is 24.3 Å². The molecule has 0 rings (SSSR count). The highest BCUT2D eigenvalue weighted by molar-refractivity contribution is 7.47. The molecule has 17 nitrogen and oxygen atoms in total. The summed E-state index contributed by atoms with van der Waals surface area (Å²) in [6, 6.07) is 0. The predicted octanol–water partition coefficient (Wildman–Crippen LogP) is 24.5. The minimum atomic E-state index is -4.97. The largest absolute Gasteiger partial charge is 0.472 e. The Morgan fingerprint density at radius 2 is 0.529 bits per heavy atom. The third-order valence-electron chi connectivity index (χ3n) is 18.8. The quantitative estimate of drug-likeness (QED) is 0.0169. The van der Waals surface area contributed by atoms with E-state index in [2.05, 4.69) is 72.8 Å². The molecule has 602 valence electrons. The molecule has 0 fully saturated rings. The van der Waals surface area contributed by atoms with E-state index in [0.29, 0.717) is 31.6 Å². The molecule has 102 heavy (non-hydrogen) atoms. The Balaban J connectivity index is 5.25. The fourth-order valence-electron chi connectivity index (χ4n) is 12.3. The molecule has 0 aliphatic carbocycles. The van der Waals surface area contributed by atoms with Crippen molar-refractivity contribution in [3.8, 4) is 0 Å². The lowest BCUT2D eigenvalue weighted by Gasteiger charge is -2.21. The molecule has 3 unspecified atom stereocenters. The number of aliphatic hydroxyl groups is 1. The number of unbranched alkanes of at least 4 members (excludes halogenated alkanes) is 44. The Morgan fingerprint density at radius 3 is 0.794 bits per heavy atom. The van der Waals surface area contributed by atoms with Crippen molar-refractivity contribution in [2.45, 2.75) is 426 Å². The van der Waals surface area contributed by atoms with E-state index in [1.165, 1.54) is 199 Å². The van der Waals surface area contributed by atoms with Gasteiger partial charge in [0.05, 0.1) is 26.4 Å². The van der Waals surface area contributed by atoms with Crippen molar-refractivity contribution in [2.24, 2.45) is 17.8 Å². The summed E-state index contributed by atoms with van der Waals surface area (Å²) in [6.07, 6.45) is 64.7. The van der Waals surface area contributed by atoms with Crippen molar-refractivity contribution < 1.29 is 80.2 Å². The number of hydrogen-bond donors (Lipinski definition) is 3. The van der Waals surface area contributed by atoms with Crippen LogP contribution in [0.1, 0.15) is 408 Å². The van der Waals surface area contributed by atoms with Crippen molar-refractivity contribution in [3.05, 3.63) is 24.3 Å². The molecule has 0 heterocycles. The molecule has 3 N–H and O–H groups in total. The molecular weight excluding hydrogens is 1330 g/mol. The second kappa shape index (κ2) is 72.7. The molecule has 0 amide bonds. The normalized spacial score (nSPS) is 14.1. The van der Waals surface area contributed by atoms with Crippen LogP contribution in [0.3, 0.4) is 0 Å². The van der Waals surface area contributed by atoms with Crippen LogP contribution < -0.4 is 0 Å². The summed E-state index contributed by atoms with van der Waals surface area (Å²) in [5.74, 6) is 0.176. The number of carbonyl (C=O) groups is 4. The number of phosphoric acid groups is 2. The van der Waals surface area contributed by atoms with E-state index in [9.17, 15) is 43.2 Å². The number of ether oxygens (including phenoxy) is 4. The Bertz CT molecular complexity index is 2070. The third-order valence-corrected chi connectivity index (χ3v) is 20.7. The van der Waals surface area contributed by atoms with Gasteiger partial charge in [-0.15, -0.1) is 0 Å². The van der Waals surface area contributed by atoms with Crippen molar-refractivity contribution >= 4 is 39.5 Å². The number of rotatable bonds is 79. The zero-order valence-corrected chi connectivity index (χ0v) is 68.4. The summed E-state index contributed by atoms with van der Waals surface area (Å²) >= 11 is 0. The topological polar surface area (TPSA) is 237 Å². The van der Waals surface area contributed by atoms with Gasteiger partial charge in [0, 0.05) is 25.7 Å². The van der Waals surface area contributed by atoms with Crippen LogP contribution in [0.25, 0.3) is 0 Å². The first-order valence-electron chi connectivity index (χ1n) is 42.2. The molecule has 0 aromatic rings. The van der Waals surface area contributed by atoms with Gasteiger partial charge in [-0.25, -0.2) is 9.13 Å². The number of phosphoric ester groups is 2. The van der Waals surface area contributed by atoms with Gasteiger partial charge in [-0.05, 0) is 69.1 Å². The van der Waals surface area contributed by atoms with Gasteiger partial charge in [0.25, 0.3) is 0 Å². The molecule has 5 atom stereocenters. The van der Waals surface area contributed by atoms with E-state index in [1.807, 2.05) is 0 Å². The van der Waals surface area contributed by atoms with Crippen LogP contribution in [0.5, 0.6) is 0 Å². The van der Waals surface area contributed by atoms with Gasteiger partial charge >= 0.3 is 39.5 Å². The summed E-state index contributed by atoms with van der Waals surface area (Å²) < 4.78 is 68.7. The summed E-state index contributed by atoms with van der Waals surface area (Å²) in [4.78, 5) is 73.1. The molecule has 0 aliphatic rings. The molecule has 0 aromatic carbocycles. The third kappa shape index (κ3) is 75.8. The number of allylic oxidation sites excluding steroid dienone is 4. The first-order valence-corrected chi connectivity index (χ1v) is 45.2. The molecule has 0 aromatic heterocycles. The molecular formula is C83H158O17P2. The number of carbonyl (C=O) groups excluding carboxylic acids is 4. The minimum absolute atomic E-state index is 0.0852. The van der Waals surface area contributed by atoms with Crippen LogP contribution in [0, 0.1) is 17.8 Å². The van der Waals surface area contributed by atoms with Crippen molar-refractivity contribution in [2.75, 3.05) is 39.6 Å². The van der Waals surface area contributed by atoms with Crippen LogP contribution in [0.4, 0.5) is 0 Å². The van der Waals surface area contributed by atoms with Gasteiger partial charge in [-0.3, -0.25) is 37.3 Å². The van der Waals surface area contributed by atoms with Crippen molar-refractivity contribution in [3.63, 3.8) is 0 Å². The Labute approximate surface area is 624 Å². The van der Waals surface area contributed by atoms with E-state index in [-0.39, 0.29) is 25.7 Å². The lowest BCUT2D eigenvalue weighted by atomic mass is 10.0. The zero-order valence-electron chi connectivity index (χ0n) is 66.6. The van der Waals surface area contributed by atoms with Crippen LogP contribution in [-0.2, 0) is 65.4 Å². The van der Waals surface area contributed by atoms with Crippen molar-refractivity contribution in [1.29, 1.82) is 0 Å². The van der Waals surface area contributed by atoms with Gasteiger partial charge in [0.1, 0.15) is 19.3 Å². The smallest absolute Gasteiger partial charge is 0.462 e. The number of hydrogen-bond acceptors (Lipinski definition) is 15. The summed E-state index contributed by atoms with van der Waals surface area (Å²) in [5.41, 5.74) is 0. The van der Waals surface area contributed by atoms with E-state index in [0.717, 1.165) is 121 Å². The maximum atomic E-state index is 13.1. The predicted molar refractivity (Wildman–Crippen MR) is 418 cm³/mol. The monoisotopic (exact) mass is 1490 g/mol. The maximum absolute atomic E-state index is 13.1. The van der Waals surface area contributed by atoms with E-state index < -0.39 is 97.5 Å². The molecule has 0 aliphatic heterocycles. The zero-order chi connectivity index (χ0) is 75.1. The second-order valence-corrected chi connectivity index (χ2v) is 33.5. The van der Waals surface area contributed by atoms with Crippen LogP contribution >= 0.6 is 15.6 Å². The van der Waals surface area contributed by atoms with Gasteiger partial charge < -0.3 is 33.8 Å². The van der Waals surface area contributed by atoms with E-state index in [4.69, 9.17) is 37.0 Å². The first-order chi connectivity index (χ1) is 49.2. The second-order valence-electron chi connectivity index (χ2n) is 30.6. The van der Waals surface area contributed by atoms with Gasteiger partial charge in [-0.1, -0.05) is 355 Å². The van der Waals surface area contributed by atoms with Crippen LogP contribution in [-0.4, -0.2) is 96.7 Å². The van der Waals surface area contributed by atoms with Gasteiger partial charge in [0.2, 0.25) is 0 Å². The Kier molecular flexibility index (Phi) is 71.0. The van der Waals surface area contributed by atoms with Gasteiger partial charge in [0.15, 0.2) is 12.2 Å². The maximum Gasteiger partial charge on any atom is 0.472 e. The molecule has 0 saturated carbocycles. The lowest BCUT2D eigenvalue weighted by molar-refractivity contribution is -0.161. The summed E-state index contributed by atoms with van der Waals surface area (Å²) in [7, 11) is -9.94. The average Bonchev–Trinajstić information content (AvgIpc) is 0.950. The fraction of sp³-hybridized carbons (Fsp3) is 0.904. The average molecular weight is 1490 g/mol. The number of aliphatic hydroxyl groups excluding tert-OH is 1. The molecule has 0 radical (unpaired) electrons. The summed E-state index contributed by atoms with van der Waals surface area (Å²) in [5, 5.41) is 10.6. The highest BCUT2D eigenvalue weighted by Crippen LogP contribution is 2.45. The number of esters is 4. The minimum Gasteiger partial charge on any atom is -0.462 e. The highest BCUT2D eigenvalue weighted by atomic mass is 31.2. The fourth-order valence-corrected chi connectivity index (χ4v) is 13.9. The molecule has 0 spiro atoms. The molecule has 0 saturated heterocycles. The highest BCUT2D eigenvalue weighted by Gasteiger charge is 2.30. The lowest BCUT2D eigenvalue weighted by Crippen LogP contribution is -2.30. The summed E-state index contributed by atoms with van der Waals surface area (Å²) in [6.45, 7) is 11.9. The van der Waals surface area contributed by atoms with Gasteiger partial charge in [-0.2, -0.15) is 0 Å². The standard InChI is InChI=1S/C83H158O17P2/c1-8-9-10-11-12-13-14-15-19-27-32-37-44-52-59-66-82(87)99-78(70-93-80(85)64-57-50-43-36-31-26-23-18-21-25-30-35-41-48-55-62-75(4)5)72-97-101(89,90)95-68-77(84)69-96-102(91,92)98-73-79(71-94-81(86)65-58-51-46-39-42-49-56-63-76(6)7)100-83(88)67-60-53-45-38-33-28-22-17-16-20-24-29-34-40-47-54-61-74(2)3/h13-15,19,74-79,84H,8-12,16-18,20-73H2,1-7H3,(H,89,90)(H,91,92)/b14-13-,19-15-/t77?,78-,79-/m1/s1. The Hall–Kier alpha value is -2.46. The SMILES string of the molecule is CCCCCC/C=C\C=C/CCCCCCCC(=O)O[C@H](COC(=O)CCCCCCCCCCCCCCCCCC(C)C)COP(=O)(O)OCC(O)COP(=O)(O)OC[C@@H](COC(=O)CCCCCCCCCC(C)C)OC(=O)CCCCCCCCCCCCCCCCCCC(C)C. The van der Waals surface area contributed by atoms with Crippen molar-refractivity contribution in [1.82, 2.24) is 0 Å². The van der Waals surface area contributed by atoms with E-state index >= 15 is 0 Å². The first kappa shape index (κ1) is 99.5. The van der Waals surface area contributed by atoms with E-state index in [1.54, 1.807) is 0 Å². The van der Waals surface area contributed by atoms with Crippen LogP contribution in [0.2, 0.25) is 0 Å².